The summed E-state index contributed by atoms with van der Waals surface area (Å²) in [6.45, 7) is 5.17. The Kier molecular flexibility index (Phi) is 6.39. The molecule has 0 aliphatic carbocycles. The van der Waals surface area contributed by atoms with E-state index >= 15 is 0 Å². The third-order valence-electron chi connectivity index (χ3n) is 4.89. The molecule has 2 aromatic heterocycles. The molecule has 2 aromatic rings. The molecule has 3 rings (SSSR count). The van der Waals surface area contributed by atoms with Crippen LogP contribution in [-0.2, 0) is 21.3 Å². The minimum atomic E-state index is -3.46. The molecule has 12 heteroatoms. The van der Waals surface area contributed by atoms with Crippen molar-refractivity contribution in [3.63, 3.8) is 0 Å². The SMILES string of the molecule is CNc1nc(CNS(=O)(=O)CC(C)C)nc2c1ncn2[C@@H]1O[C@H](CO)[C@@H](C)[C@H]1O. The largest absolute Gasteiger partial charge is 0.394 e. The summed E-state index contributed by atoms with van der Waals surface area (Å²) in [4.78, 5) is 13.1. The van der Waals surface area contributed by atoms with E-state index in [2.05, 4.69) is 25.0 Å². The summed E-state index contributed by atoms with van der Waals surface area (Å²) >= 11 is 0. The molecule has 0 saturated carbocycles. The van der Waals surface area contributed by atoms with Crippen molar-refractivity contribution in [1.82, 2.24) is 24.2 Å². The molecule has 4 N–H and O–H groups in total. The van der Waals surface area contributed by atoms with Gasteiger partial charge >= 0.3 is 0 Å². The van der Waals surface area contributed by atoms with E-state index in [9.17, 15) is 18.6 Å². The Labute approximate surface area is 169 Å². The maximum Gasteiger partial charge on any atom is 0.212 e. The van der Waals surface area contributed by atoms with Gasteiger partial charge in [0.05, 0.1) is 31.3 Å². The van der Waals surface area contributed by atoms with Gasteiger partial charge < -0.3 is 20.3 Å². The van der Waals surface area contributed by atoms with Gasteiger partial charge in [0, 0.05) is 13.0 Å². The topological polar surface area (TPSA) is 151 Å². The number of fused-ring (bicyclic) bond motifs is 1. The van der Waals surface area contributed by atoms with Crippen molar-refractivity contribution in [2.75, 3.05) is 24.7 Å². The predicted molar refractivity (Wildman–Crippen MR) is 107 cm³/mol. The van der Waals surface area contributed by atoms with Crippen LogP contribution in [0.3, 0.4) is 0 Å². The van der Waals surface area contributed by atoms with Gasteiger partial charge in [-0.25, -0.2) is 28.1 Å². The maximum absolute atomic E-state index is 12.1. The molecule has 1 saturated heterocycles. The number of aliphatic hydroxyl groups is 2. The normalized spacial score (nSPS) is 25.2. The molecular weight excluding hydrogens is 400 g/mol. The average Bonchev–Trinajstić information content (AvgIpc) is 3.20. The van der Waals surface area contributed by atoms with Crippen LogP contribution < -0.4 is 10.0 Å². The number of ether oxygens (including phenoxy) is 1. The van der Waals surface area contributed by atoms with E-state index < -0.39 is 28.5 Å². The minimum absolute atomic E-state index is 0.00679. The number of imidazole rings is 1. The van der Waals surface area contributed by atoms with Crippen LogP contribution in [0.15, 0.2) is 6.33 Å². The molecule has 1 aliphatic heterocycles. The number of aromatic nitrogens is 4. The Hall–Kier alpha value is -1.86. The van der Waals surface area contributed by atoms with Crippen LogP contribution in [-0.4, -0.2) is 69.8 Å². The Morgan fingerprint density at radius 3 is 2.66 bits per heavy atom. The van der Waals surface area contributed by atoms with E-state index in [-0.39, 0.29) is 36.6 Å². The second-order valence-corrected chi connectivity index (χ2v) is 9.51. The Balaban J connectivity index is 1.93. The lowest BCUT2D eigenvalue weighted by Gasteiger charge is -2.17. The third kappa shape index (κ3) is 4.51. The van der Waals surface area contributed by atoms with E-state index in [1.54, 1.807) is 18.5 Å². The lowest BCUT2D eigenvalue weighted by Crippen LogP contribution is -2.29. The van der Waals surface area contributed by atoms with Crippen molar-refractivity contribution in [3.05, 3.63) is 12.2 Å². The summed E-state index contributed by atoms with van der Waals surface area (Å²) in [7, 11) is -1.78. The zero-order valence-corrected chi connectivity index (χ0v) is 17.7. The highest BCUT2D eigenvalue weighted by molar-refractivity contribution is 7.89. The lowest BCUT2D eigenvalue weighted by molar-refractivity contribution is -0.0491. The highest BCUT2D eigenvalue weighted by Crippen LogP contribution is 2.35. The fourth-order valence-corrected chi connectivity index (χ4v) is 4.72. The average molecular weight is 429 g/mol. The summed E-state index contributed by atoms with van der Waals surface area (Å²) in [6, 6.07) is 0. The monoisotopic (exact) mass is 428 g/mol. The molecule has 1 fully saturated rings. The molecular formula is C17H28N6O5S. The number of hydrogen-bond donors (Lipinski definition) is 4. The summed E-state index contributed by atoms with van der Waals surface area (Å²) in [5.41, 5.74) is 0.870. The number of nitrogens with zero attached hydrogens (tertiary/aromatic N) is 4. The molecule has 0 amide bonds. The molecule has 29 heavy (non-hydrogen) atoms. The first-order chi connectivity index (χ1) is 13.7. The molecule has 0 radical (unpaired) electrons. The number of hydrogen-bond acceptors (Lipinski definition) is 9. The van der Waals surface area contributed by atoms with Crippen molar-refractivity contribution >= 4 is 27.0 Å². The van der Waals surface area contributed by atoms with Crippen LogP contribution in [0.2, 0.25) is 0 Å². The summed E-state index contributed by atoms with van der Waals surface area (Å²) in [5, 5.41) is 22.9. The predicted octanol–water partition coefficient (Wildman–Crippen LogP) is -0.170. The van der Waals surface area contributed by atoms with E-state index in [1.807, 2.05) is 13.8 Å². The first-order valence-corrected chi connectivity index (χ1v) is 11.1. The Morgan fingerprint density at radius 2 is 2.07 bits per heavy atom. The van der Waals surface area contributed by atoms with Crippen LogP contribution >= 0.6 is 0 Å². The number of rotatable bonds is 8. The van der Waals surface area contributed by atoms with Gasteiger partial charge in [-0.05, 0) is 5.92 Å². The molecule has 0 spiro atoms. The number of aliphatic hydroxyl groups excluding tert-OH is 2. The molecule has 0 unspecified atom stereocenters. The molecule has 0 aromatic carbocycles. The highest BCUT2D eigenvalue weighted by atomic mass is 32.2. The van der Waals surface area contributed by atoms with Crippen molar-refractivity contribution in [2.45, 2.75) is 45.8 Å². The van der Waals surface area contributed by atoms with Crippen molar-refractivity contribution in [3.8, 4) is 0 Å². The Bertz CT molecular complexity index is 963. The van der Waals surface area contributed by atoms with Gasteiger partial charge in [-0.1, -0.05) is 20.8 Å². The van der Waals surface area contributed by atoms with Gasteiger partial charge in [0.25, 0.3) is 0 Å². The van der Waals surface area contributed by atoms with Crippen molar-refractivity contribution in [2.24, 2.45) is 11.8 Å². The highest BCUT2D eigenvalue weighted by Gasteiger charge is 2.42. The van der Waals surface area contributed by atoms with Crippen molar-refractivity contribution < 1.29 is 23.4 Å². The summed E-state index contributed by atoms with van der Waals surface area (Å²) in [6.07, 6.45) is -0.629. The zero-order chi connectivity index (χ0) is 21.3. The van der Waals surface area contributed by atoms with Crippen LogP contribution in [0.4, 0.5) is 5.82 Å². The van der Waals surface area contributed by atoms with Gasteiger partial charge in [-0.3, -0.25) is 4.57 Å². The van der Waals surface area contributed by atoms with Gasteiger partial charge in [0.15, 0.2) is 23.2 Å². The van der Waals surface area contributed by atoms with Crippen LogP contribution in [0.5, 0.6) is 0 Å². The zero-order valence-electron chi connectivity index (χ0n) is 16.9. The second kappa shape index (κ2) is 8.48. The molecule has 162 valence electrons. The lowest BCUT2D eigenvalue weighted by atomic mass is 10.0. The molecule has 1 aliphatic rings. The van der Waals surface area contributed by atoms with Gasteiger partial charge in [-0.2, -0.15) is 0 Å². The van der Waals surface area contributed by atoms with E-state index in [4.69, 9.17) is 4.74 Å². The minimum Gasteiger partial charge on any atom is -0.394 e. The first-order valence-electron chi connectivity index (χ1n) is 9.49. The molecule has 4 atom stereocenters. The molecule has 0 bridgehead atoms. The number of sulfonamides is 1. The fraction of sp³-hybridized carbons (Fsp3) is 0.706. The van der Waals surface area contributed by atoms with Gasteiger partial charge in [-0.15, -0.1) is 0 Å². The van der Waals surface area contributed by atoms with E-state index in [0.717, 1.165) is 0 Å². The van der Waals surface area contributed by atoms with Crippen LogP contribution in [0.1, 0.15) is 32.8 Å². The molecule has 11 nitrogen and oxygen atoms in total. The summed E-state index contributed by atoms with van der Waals surface area (Å²) < 4.78 is 34.1. The third-order valence-corrected chi connectivity index (χ3v) is 6.58. The standard InChI is InChI=1S/C17H28N6O5S/c1-9(2)7-29(26,27)20-5-12-21-15(18-4)13-16(22-12)23(8-19-13)17-14(25)10(3)11(6-24)28-17/h8-11,14,17,20,24-25H,5-7H2,1-4H3,(H,18,21,22)/t10-,11-,14-,17-/m1/s1. The Morgan fingerprint density at radius 1 is 1.34 bits per heavy atom. The molecule has 3 heterocycles. The van der Waals surface area contributed by atoms with Gasteiger partial charge in [0.2, 0.25) is 10.0 Å². The van der Waals surface area contributed by atoms with E-state index in [1.165, 1.54) is 6.33 Å². The van der Waals surface area contributed by atoms with Gasteiger partial charge in [0.1, 0.15) is 11.9 Å². The maximum atomic E-state index is 12.1. The van der Waals surface area contributed by atoms with Crippen LogP contribution in [0, 0.1) is 11.8 Å². The number of anilines is 1. The smallest absolute Gasteiger partial charge is 0.212 e. The fourth-order valence-electron chi connectivity index (χ4n) is 3.38. The summed E-state index contributed by atoms with van der Waals surface area (Å²) in [5.74, 6) is 0.429. The second-order valence-electron chi connectivity index (χ2n) is 7.66. The number of nitrogens with one attached hydrogen (secondary N) is 2. The quantitative estimate of drug-likeness (QED) is 0.449. The van der Waals surface area contributed by atoms with E-state index in [0.29, 0.717) is 17.0 Å². The van der Waals surface area contributed by atoms with Crippen LogP contribution in [0.25, 0.3) is 11.2 Å². The first kappa shape index (κ1) is 21.8. The van der Waals surface area contributed by atoms with Crippen molar-refractivity contribution in [1.29, 1.82) is 0 Å².